The molecule has 0 saturated heterocycles. The van der Waals surface area contributed by atoms with Gasteiger partial charge in [0.2, 0.25) is 15.9 Å². The number of nitrogens with zero attached hydrogens (tertiary/aromatic N) is 1. The molecule has 180 valence electrons. The van der Waals surface area contributed by atoms with E-state index >= 15 is 0 Å². The number of rotatable bonds is 12. The molecule has 0 bridgehead atoms. The molecule has 3 aromatic carbocycles. The minimum atomic E-state index is -3.48. The summed E-state index contributed by atoms with van der Waals surface area (Å²) in [4.78, 5) is 12.3. The van der Waals surface area contributed by atoms with Crippen molar-refractivity contribution in [2.24, 2.45) is 0 Å². The number of carbonyl (C=O) groups excluding carboxylic acids is 1. The molecule has 0 unspecified atom stereocenters. The first-order valence-electron chi connectivity index (χ1n) is 11.4. The second-order valence-corrected chi connectivity index (χ2v) is 10.2. The van der Waals surface area contributed by atoms with Crippen LogP contribution in [-0.4, -0.2) is 33.7 Å². The summed E-state index contributed by atoms with van der Waals surface area (Å²) in [6.45, 7) is 3.27. The minimum Gasteiger partial charge on any atom is -0.489 e. The Morgan fingerprint density at radius 2 is 1.56 bits per heavy atom. The maximum Gasteiger partial charge on any atom is 0.232 e. The molecule has 1 amide bonds. The van der Waals surface area contributed by atoms with E-state index in [0.717, 1.165) is 5.56 Å². The van der Waals surface area contributed by atoms with E-state index in [-0.39, 0.29) is 24.8 Å². The summed E-state index contributed by atoms with van der Waals surface area (Å²) < 4.78 is 31.8. The van der Waals surface area contributed by atoms with Gasteiger partial charge in [-0.25, -0.2) is 8.42 Å². The van der Waals surface area contributed by atoms with E-state index in [9.17, 15) is 13.2 Å². The van der Waals surface area contributed by atoms with Gasteiger partial charge in [0, 0.05) is 19.5 Å². The van der Waals surface area contributed by atoms with E-state index in [1.165, 1.54) is 16.1 Å². The zero-order valence-corrected chi connectivity index (χ0v) is 20.5. The summed E-state index contributed by atoms with van der Waals surface area (Å²) in [5.41, 5.74) is 2.77. The number of sulfonamides is 1. The maximum atomic E-state index is 12.4. The average molecular weight is 481 g/mol. The molecule has 0 aliphatic rings. The van der Waals surface area contributed by atoms with E-state index in [1.807, 2.05) is 60.7 Å². The summed E-state index contributed by atoms with van der Waals surface area (Å²) in [6.07, 6.45) is 1.85. The van der Waals surface area contributed by atoms with E-state index in [0.29, 0.717) is 31.0 Å². The molecule has 1 atom stereocenters. The molecule has 3 aromatic rings. The van der Waals surface area contributed by atoms with Crippen molar-refractivity contribution in [3.8, 4) is 5.75 Å². The smallest absolute Gasteiger partial charge is 0.232 e. The van der Waals surface area contributed by atoms with Crippen LogP contribution in [0.5, 0.6) is 5.75 Å². The zero-order valence-electron chi connectivity index (χ0n) is 19.7. The van der Waals surface area contributed by atoms with Crippen LogP contribution in [0.3, 0.4) is 0 Å². The van der Waals surface area contributed by atoms with Gasteiger partial charge in [-0.05, 0) is 47.7 Å². The number of amides is 1. The Labute approximate surface area is 202 Å². The molecule has 0 aromatic heterocycles. The lowest BCUT2D eigenvalue weighted by atomic mass is 10.0. The Hall–Kier alpha value is -3.32. The van der Waals surface area contributed by atoms with Crippen molar-refractivity contribution in [1.82, 2.24) is 5.32 Å². The monoisotopic (exact) mass is 480 g/mol. The first-order chi connectivity index (χ1) is 16.3. The Morgan fingerprint density at radius 3 is 2.18 bits per heavy atom. The Balaban J connectivity index is 1.49. The number of ether oxygens (including phenoxy) is 1. The fourth-order valence-corrected chi connectivity index (χ4v) is 4.54. The molecule has 34 heavy (non-hydrogen) atoms. The van der Waals surface area contributed by atoms with Gasteiger partial charge in [0.05, 0.1) is 11.9 Å². The highest BCUT2D eigenvalue weighted by atomic mass is 32.2. The fourth-order valence-electron chi connectivity index (χ4n) is 3.57. The van der Waals surface area contributed by atoms with Crippen LogP contribution in [0.15, 0.2) is 84.9 Å². The van der Waals surface area contributed by atoms with Gasteiger partial charge in [-0.2, -0.15) is 0 Å². The van der Waals surface area contributed by atoms with Crippen molar-refractivity contribution in [3.05, 3.63) is 96.1 Å². The summed E-state index contributed by atoms with van der Waals surface area (Å²) in [5.74, 6) is 0.786. The second-order valence-electron chi connectivity index (χ2n) is 8.32. The van der Waals surface area contributed by atoms with Gasteiger partial charge < -0.3 is 10.1 Å². The molecule has 0 heterocycles. The highest BCUT2D eigenvalue weighted by molar-refractivity contribution is 7.92. The molecule has 6 nitrogen and oxygen atoms in total. The number of benzene rings is 3. The third-order valence-electron chi connectivity index (χ3n) is 5.51. The summed E-state index contributed by atoms with van der Waals surface area (Å²) in [7, 11) is -3.48. The highest BCUT2D eigenvalue weighted by Gasteiger charge is 2.18. The van der Waals surface area contributed by atoms with Crippen LogP contribution in [0, 0.1) is 0 Å². The van der Waals surface area contributed by atoms with Crippen molar-refractivity contribution in [2.75, 3.05) is 23.7 Å². The first kappa shape index (κ1) is 25.3. The molecule has 0 aliphatic carbocycles. The van der Waals surface area contributed by atoms with E-state index < -0.39 is 10.0 Å². The van der Waals surface area contributed by atoms with Gasteiger partial charge in [0.15, 0.2) is 0 Å². The van der Waals surface area contributed by atoms with E-state index in [2.05, 4.69) is 12.2 Å². The third kappa shape index (κ3) is 7.92. The lowest BCUT2D eigenvalue weighted by Crippen LogP contribution is -2.32. The molecular formula is C27H32N2O4S. The van der Waals surface area contributed by atoms with Crippen molar-refractivity contribution in [1.29, 1.82) is 0 Å². The normalized spacial score (nSPS) is 12.1. The quantitative estimate of drug-likeness (QED) is 0.407. The van der Waals surface area contributed by atoms with Crippen molar-refractivity contribution in [2.45, 2.75) is 32.3 Å². The van der Waals surface area contributed by atoms with Crippen LogP contribution < -0.4 is 14.4 Å². The van der Waals surface area contributed by atoms with Gasteiger partial charge in [0.1, 0.15) is 12.4 Å². The van der Waals surface area contributed by atoms with Gasteiger partial charge in [-0.15, -0.1) is 0 Å². The molecule has 0 radical (unpaired) electrons. The lowest BCUT2D eigenvalue weighted by molar-refractivity contribution is -0.121. The van der Waals surface area contributed by atoms with Gasteiger partial charge in [-0.3, -0.25) is 9.10 Å². The van der Waals surface area contributed by atoms with Crippen LogP contribution in [0.1, 0.15) is 36.8 Å². The molecular weight excluding hydrogens is 448 g/mol. The Kier molecular flexibility index (Phi) is 9.10. The molecule has 0 fully saturated rings. The zero-order chi connectivity index (χ0) is 24.4. The van der Waals surface area contributed by atoms with Crippen molar-refractivity contribution < 1.29 is 17.9 Å². The summed E-state index contributed by atoms with van der Waals surface area (Å²) in [5, 5.41) is 2.94. The van der Waals surface area contributed by atoms with Gasteiger partial charge in [0.25, 0.3) is 0 Å². The van der Waals surface area contributed by atoms with E-state index in [1.54, 1.807) is 24.3 Å². The van der Waals surface area contributed by atoms with E-state index in [4.69, 9.17) is 4.74 Å². The minimum absolute atomic E-state index is 0.0825. The number of carbonyl (C=O) groups is 1. The van der Waals surface area contributed by atoms with Crippen LogP contribution in [-0.2, 0) is 21.4 Å². The summed E-state index contributed by atoms with van der Waals surface area (Å²) >= 11 is 0. The topological polar surface area (TPSA) is 75.7 Å². The number of hydrogen-bond donors (Lipinski definition) is 1. The maximum absolute atomic E-state index is 12.4. The molecule has 1 N–H and O–H groups in total. The second kappa shape index (κ2) is 12.2. The first-order valence-corrected chi connectivity index (χ1v) is 13.2. The largest absolute Gasteiger partial charge is 0.489 e. The van der Waals surface area contributed by atoms with Crippen LogP contribution >= 0.6 is 0 Å². The molecule has 0 spiro atoms. The van der Waals surface area contributed by atoms with Gasteiger partial charge in [-0.1, -0.05) is 67.6 Å². The third-order valence-corrected chi connectivity index (χ3v) is 6.71. The molecule has 3 rings (SSSR count). The molecule has 7 heteroatoms. The van der Waals surface area contributed by atoms with Crippen LogP contribution in [0.4, 0.5) is 5.69 Å². The summed E-state index contributed by atoms with van der Waals surface area (Å²) in [6, 6.07) is 26.8. The number of anilines is 1. The Morgan fingerprint density at radius 1 is 0.941 bits per heavy atom. The lowest BCUT2D eigenvalue weighted by Gasteiger charge is -2.22. The van der Waals surface area contributed by atoms with Crippen LogP contribution in [0.2, 0.25) is 0 Å². The highest BCUT2D eigenvalue weighted by Crippen LogP contribution is 2.23. The average Bonchev–Trinajstić information content (AvgIpc) is 2.85. The van der Waals surface area contributed by atoms with Gasteiger partial charge >= 0.3 is 0 Å². The predicted octanol–water partition coefficient (Wildman–Crippen LogP) is 4.73. The van der Waals surface area contributed by atoms with Crippen molar-refractivity contribution in [3.63, 3.8) is 0 Å². The molecule has 0 saturated carbocycles. The number of hydrogen-bond acceptors (Lipinski definition) is 4. The molecule has 0 aliphatic heterocycles. The predicted molar refractivity (Wildman–Crippen MR) is 137 cm³/mol. The van der Waals surface area contributed by atoms with Crippen molar-refractivity contribution >= 4 is 21.6 Å². The van der Waals surface area contributed by atoms with Crippen LogP contribution in [0.25, 0.3) is 0 Å². The standard InChI is InChI=1S/C27H32N2O4S/c1-22(24-12-7-4-8-13-24)20-28-27(30)14-9-19-29(34(2,31)32)25-15-17-26(18-16-25)33-21-23-10-5-3-6-11-23/h3-8,10-13,15-18,22H,9,14,19-21H2,1-2H3,(H,28,30)/t22-/m1/s1. The number of nitrogens with one attached hydrogen (secondary N) is 1. The SMILES string of the molecule is C[C@H](CNC(=O)CCCN(c1ccc(OCc2ccccc2)cc1)S(C)(=O)=O)c1ccccc1. The Bertz CT molecular complexity index is 1130. The fraction of sp³-hybridized carbons (Fsp3) is 0.296.